The number of benzene rings is 1. The van der Waals surface area contributed by atoms with Crippen LogP contribution in [0.2, 0.25) is 0 Å². The van der Waals surface area contributed by atoms with Gasteiger partial charge in [0.1, 0.15) is 11.9 Å². The van der Waals surface area contributed by atoms with Crippen LogP contribution in [0.4, 0.5) is 17.3 Å². The van der Waals surface area contributed by atoms with E-state index in [1.54, 1.807) is 0 Å². The van der Waals surface area contributed by atoms with Crippen molar-refractivity contribution in [2.75, 3.05) is 5.73 Å². The van der Waals surface area contributed by atoms with Crippen molar-refractivity contribution < 1.29 is 14.6 Å². The first kappa shape index (κ1) is 13.1. The minimum absolute atomic E-state index is 0.0281. The Morgan fingerprint density at radius 2 is 1.95 bits per heavy atom. The van der Waals surface area contributed by atoms with Gasteiger partial charge in [-0.2, -0.15) is 4.98 Å². The Morgan fingerprint density at radius 1 is 1.20 bits per heavy atom. The zero-order chi connectivity index (χ0) is 14.7. The number of nitrogen functional groups attached to an aromatic ring is 1. The molecule has 20 heavy (non-hydrogen) atoms. The second-order valence-corrected chi connectivity index (χ2v) is 3.53. The molecule has 0 atom stereocenters. The standard InChI is InChI=1S/C10H7N5O5/c11-10-12-5-8(15(18)19)9(13-10)20-7-3-1-2-6(4-7)14(16)17/h1-5H,(H2,11,12,13). The first-order valence-corrected chi connectivity index (χ1v) is 5.16. The SMILES string of the molecule is Nc1ncc([N+](=O)[O-])c(Oc2cccc([N+](=O)[O-])c2)n1. The van der Waals surface area contributed by atoms with E-state index in [9.17, 15) is 20.2 Å². The van der Waals surface area contributed by atoms with Crippen LogP contribution in [-0.4, -0.2) is 19.8 Å². The number of nitrogens with two attached hydrogens (primary N) is 1. The highest BCUT2D eigenvalue weighted by molar-refractivity contribution is 5.46. The zero-order valence-corrected chi connectivity index (χ0v) is 9.79. The minimum atomic E-state index is -0.744. The molecular weight excluding hydrogens is 270 g/mol. The van der Waals surface area contributed by atoms with Crippen molar-refractivity contribution in [3.8, 4) is 11.6 Å². The van der Waals surface area contributed by atoms with Gasteiger partial charge in [0.2, 0.25) is 5.95 Å². The van der Waals surface area contributed by atoms with Crippen molar-refractivity contribution in [2.45, 2.75) is 0 Å². The predicted octanol–water partition coefficient (Wildman–Crippen LogP) is 1.67. The number of rotatable bonds is 4. The van der Waals surface area contributed by atoms with Gasteiger partial charge >= 0.3 is 11.6 Å². The van der Waals surface area contributed by atoms with Crippen LogP contribution in [0.5, 0.6) is 11.6 Å². The molecule has 0 aliphatic rings. The summed E-state index contributed by atoms with van der Waals surface area (Å²) >= 11 is 0. The minimum Gasteiger partial charge on any atom is -0.433 e. The maximum Gasteiger partial charge on any atom is 0.349 e. The molecule has 1 aromatic heterocycles. The molecule has 10 heteroatoms. The molecule has 0 fully saturated rings. The molecular formula is C10H7N5O5. The molecule has 102 valence electrons. The summed E-state index contributed by atoms with van der Waals surface area (Å²) in [5.41, 5.74) is 4.62. The molecule has 1 aromatic carbocycles. The van der Waals surface area contributed by atoms with Crippen LogP contribution in [0, 0.1) is 20.2 Å². The van der Waals surface area contributed by atoms with Gasteiger partial charge in [0.05, 0.1) is 15.9 Å². The third kappa shape index (κ3) is 2.75. The number of nitro groups is 2. The van der Waals surface area contributed by atoms with Crippen LogP contribution in [0.25, 0.3) is 0 Å². The summed E-state index contributed by atoms with van der Waals surface area (Å²) in [6.07, 6.45) is 0.898. The normalized spacial score (nSPS) is 10.0. The van der Waals surface area contributed by atoms with Crippen molar-refractivity contribution in [3.63, 3.8) is 0 Å². The van der Waals surface area contributed by atoms with E-state index in [2.05, 4.69) is 9.97 Å². The van der Waals surface area contributed by atoms with E-state index in [1.165, 1.54) is 18.2 Å². The molecule has 0 bridgehead atoms. The molecule has 1 heterocycles. The Kier molecular flexibility index (Phi) is 3.37. The highest BCUT2D eigenvalue weighted by Crippen LogP contribution is 2.30. The van der Waals surface area contributed by atoms with E-state index >= 15 is 0 Å². The van der Waals surface area contributed by atoms with E-state index in [0.29, 0.717) is 0 Å². The van der Waals surface area contributed by atoms with Crippen LogP contribution in [-0.2, 0) is 0 Å². The molecule has 2 rings (SSSR count). The third-order valence-corrected chi connectivity index (χ3v) is 2.19. The topological polar surface area (TPSA) is 147 Å². The van der Waals surface area contributed by atoms with Crippen LogP contribution in [0.15, 0.2) is 30.5 Å². The molecule has 0 unspecified atom stereocenters. The molecule has 0 radical (unpaired) electrons. The second-order valence-electron chi connectivity index (χ2n) is 3.53. The fourth-order valence-electron chi connectivity index (χ4n) is 1.35. The lowest BCUT2D eigenvalue weighted by molar-refractivity contribution is -0.386. The molecule has 0 saturated carbocycles. The first-order chi connectivity index (χ1) is 9.47. The largest absolute Gasteiger partial charge is 0.433 e. The second kappa shape index (κ2) is 5.14. The molecule has 0 amide bonds. The van der Waals surface area contributed by atoms with Crippen LogP contribution >= 0.6 is 0 Å². The van der Waals surface area contributed by atoms with Gasteiger partial charge in [-0.15, -0.1) is 0 Å². The fraction of sp³-hybridized carbons (Fsp3) is 0. The van der Waals surface area contributed by atoms with Crippen molar-refractivity contribution in [2.24, 2.45) is 0 Å². The highest BCUT2D eigenvalue weighted by atomic mass is 16.6. The number of non-ortho nitro benzene ring substituents is 1. The summed E-state index contributed by atoms with van der Waals surface area (Å²) < 4.78 is 5.17. The summed E-state index contributed by atoms with van der Waals surface area (Å²) in [6, 6.07) is 5.15. The smallest absolute Gasteiger partial charge is 0.349 e. The lowest BCUT2D eigenvalue weighted by Crippen LogP contribution is -2.01. The van der Waals surface area contributed by atoms with Gasteiger partial charge in [-0.3, -0.25) is 20.2 Å². The van der Waals surface area contributed by atoms with Gasteiger partial charge in [0.15, 0.2) is 0 Å². The zero-order valence-electron chi connectivity index (χ0n) is 9.79. The van der Waals surface area contributed by atoms with Crippen LogP contribution in [0.1, 0.15) is 0 Å². The lowest BCUT2D eigenvalue weighted by atomic mass is 10.3. The van der Waals surface area contributed by atoms with Gasteiger partial charge < -0.3 is 10.5 Å². The molecule has 2 N–H and O–H groups in total. The van der Waals surface area contributed by atoms with E-state index in [1.807, 2.05) is 0 Å². The van der Waals surface area contributed by atoms with Gasteiger partial charge in [-0.05, 0) is 6.07 Å². The van der Waals surface area contributed by atoms with Crippen molar-refractivity contribution in [3.05, 3.63) is 50.7 Å². The maximum atomic E-state index is 10.8. The van der Waals surface area contributed by atoms with E-state index in [0.717, 1.165) is 12.3 Å². The van der Waals surface area contributed by atoms with E-state index in [4.69, 9.17) is 10.5 Å². The lowest BCUT2D eigenvalue weighted by Gasteiger charge is -2.05. The molecule has 10 nitrogen and oxygen atoms in total. The van der Waals surface area contributed by atoms with Gasteiger partial charge in [-0.1, -0.05) is 6.07 Å². The number of nitrogens with zero attached hydrogens (tertiary/aromatic N) is 4. The predicted molar refractivity (Wildman–Crippen MR) is 66.3 cm³/mol. The van der Waals surface area contributed by atoms with E-state index < -0.39 is 15.5 Å². The fourth-order valence-corrected chi connectivity index (χ4v) is 1.35. The molecule has 0 aliphatic heterocycles. The first-order valence-electron chi connectivity index (χ1n) is 5.16. The summed E-state index contributed by atoms with van der Waals surface area (Å²) in [6.45, 7) is 0. The molecule has 2 aromatic rings. The summed E-state index contributed by atoms with van der Waals surface area (Å²) in [5.74, 6) is -0.570. The summed E-state index contributed by atoms with van der Waals surface area (Å²) in [5, 5.41) is 21.4. The highest BCUT2D eigenvalue weighted by Gasteiger charge is 2.19. The summed E-state index contributed by atoms with van der Waals surface area (Å²) in [7, 11) is 0. The number of hydrogen-bond donors (Lipinski definition) is 1. The van der Waals surface area contributed by atoms with Gasteiger partial charge in [-0.25, -0.2) is 4.98 Å². The van der Waals surface area contributed by atoms with E-state index in [-0.39, 0.29) is 23.3 Å². The van der Waals surface area contributed by atoms with Gasteiger partial charge in [0, 0.05) is 6.07 Å². The van der Waals surface area contributed by atoms with Crippen molar-refractivity contribution in [1.82, 2.24) is 9.97 Å². The average Bonchev–Trinajstić information content (AvgIpc) is 2.38. The number of nitro benzene ring substituents is 1. The molecule has 0 saturated heterocycles. The quantitative estimate of drug-likeness (QED) is 0.655. The Bertz CT molecular complexity index is 689. The number of anilines is 1. The van der Waals surface area contributed by atoms with Crippen LogP contribution in [0.3, 0.4) is 0 Å². The Balaban J connectivity index is 2.39. The van der Waals surface area contributed by atoms with Gasteiger partial charge in [0.25, 0.3) is 5.69 Å². The summed E-state index contributed by atoms with van der Waals surface area (Å²) in [4.78, 5) is 27.1. The van der Waals surface area contributed by atoms with Crippen LogP contribution < -0.4 is 10.5 Å². The van der Waals surface area contributed by atoms with Crippen molar-refractivity contribution in [1.29, 1.82) is 0 Å². The Labute approximate surface area is 111 Å². The number of ether oxygens (including phenoxy) is 1. The molecule has 0 aliphatic carbocycles. The number of hydrogen-bond acceptors (Lipinski definition) is 8. The third-order valence-electron chi connectivity index (χ3n) is 2.19. The monoisotopic (exact) mass is 277 g/mol. The Hall–Kier alpha value is -3.30. The molecule has 0 spiro atoms. The number of aromatic nitrogens is 2. The van der Waals surface area contributed by atoms with Crippen molar-refractivity contribution >= 4 is 17.3 Å². The maximum absolute atomic E-state index is 10.8. The average molecular weight is 277 g/mol. The Morgan fingerprint density at radius 3 is 2.60 bits per heavy atom.